The number of aryl methyl sites for hydroxylation is 1. The van der Waals surface area contributed by atoms with Gasteiger partial charge in [-0.05, 0) is 61.9 Å². The Labute approximate surface area is 276 Å². The molecule has 4 rings (SSSR count). The molecule has 0 aliphatic rings. The first-order chi connectivity index (χ1) is 22.0. The van der Waals surface area contributed by atoms with Crippen molar-refractivity contribution in [3.8, 4) is 5.75 Å². The predicted octanol–water partition coefficient (Wildman–Crippen LogP) is 5.09. The molecule has 0 unspecified atom stereocenters. The SMILES string of the molecule is CNC(=O)[C@@H](C)NC(=O)c1ccc(/C=C/C(=O)NCC(=O)N(C)c2ccc(Cl)c(COc3cccc4ccc(C)nc34)c2Cl)cc1. The van der Waals surface area contributed by atoms with Crippen molar-refractivity contribution >= 4 is 69.5 Å². The van der Waals surface area contributed by atoms with Crippen LogP contribution < -0.4 is 25.6 Å². The Morgan fingerprint density at radius 2 is 1.74 bits per heavy atom. The molecule has 0 saturated carbocycles. The summed E-state index contributed by atoms with van der Waals surface area (Å²) in [6, 6.07) is 18.6. The van der Waals surface area contributed by atoms with Crippen molar-refractivity contribution < 1.29 is 23.9 Å². The molecule has 0 fully saturated rings. The number of anilines is 1. The quantitative estimate of drug-likeness (QED) is 0.192. The Morgan fingerprint density at radius 1 is 1.00 bits per heavy atom. The Morgan fingerprint density at radius 3 is 2.46 bits per heavy atom. The minimum atomic E-state index is -0.683. The zero-order valence-corrected chi connectivity index (χ0v) is 27.2. The fraction of sp³-hybridized carbons (Fsp3) is 0.206. The van der Waals surface area contributed by atoms with Gasteiger partial charge in [0, 0.05) is 47.4 Å². The number of likely N-dealkylation sites (N-methyl/N-ethyl adjacent to an activating group) is 2. The van der Waals surface area contributed by atoms with Crippen LogP contribution in [0.4, 0.5) is 5.69 Å². The number of carbonyl (C=O) groups excluding carboxylic acids is 4. The Bertz CT molecular complexity index is 1810. The van der Waals surface area contributed by atoms with Gasteiger partial charge in [-0.25, -0.2) is 4.98 Å². The third-order valence-corrected chi connectivity index (χ3v) is 7.87. The molecule has 4 amide bonds. The molecule has 0 radical (unpaired) electrons. The smallest absolute Gasteiger partial charge is 0.251 e. The van der Waals surface area contributed by atoms with Gasteiger partial charge in [-0.1, -0.05) is 53.5 Å². The fourth-order valence-electron chi connectivity index (χ4n) is 4.41. The van der Waals surface area contributed by atoms with Crippen LogP contribution in [0, 0.1) is 6.92 Å². The van der Waals surface area contributed by atoms with Gasteiger partial charge >= 0.3 is 0 Å². The molecular weight excluding hydrogens is 629 g/mol. The lowest BCUT2D eigenvalue weighted by molar-refractivity contribution is -0.122. The Kier molecular flexibility index (Phi) is 11.3. The van der Waals surface area contributed by atoms with Gasteiger partial charge < -0.3 is 25.6 Å². The highest BCUT2D eigenvalue weighted by Crippen LogP contribution is 2.35. The summed E-state index contributed by atoms with van der Waals surface area (Å²) in [5, 5.41) is 9.20. The van der Waals surface area contributed by atoms with Crippen LogP contribution in [0.25, 0.3) is 17.0 Å². The van der Waals surface area contributed by atoms with Gasteiger partial charge in [0.25, 0.3) is 5.91 Å². The largest absolute Gasteiger partial charge is 0.487 e. The van der Waals surface area contributed by atoms with Crippen LogP contribution in [0.15, 0.2) is 72.8 Å². The summed E-state index contributed by atoms with van der Waals surface area (Å²) in [6.07, 6.45) is 2.83. The van der Waals surface area contributed by atoms with Crippen molar-refractivity contribution in [3.05, 3.63) is 105 Å². The number of carbonyl (C=O) groups is 4. The fourth-order valence-corrected chi connectivity index (χ4v) is 5.02. The molecule has 12 heteroatoms. The van der Waals surface area contributed by atoms with E-state index in [4.69, 9.17) is 27.9 Å². The molecule has 238 valence electrons. The highest BCUT2D eigenvalue weighted by molar-refractivity contribution is 6.38. The maximum Gasteiger partial charge on any atom is 0.251 e. The van der Waals surface area contributed by atoms with Crippen LogP contribution >= 0.6 is 23.2 Å². The van der Waals surface area contributed by atoms with Crippen molar-refractivity contribution in [2.24, 2.45) is 0 Å². The van der Waals surface area contributed by atoms with Gasteiger partial charge in [-0.2, -0.15) is 0 Å². The standard InChI is InChI=1S/C34H33Cl2N5O5/c1-20-8-12-23-6-5-7-28(32(23)39-20)46-19-25-26(35)15-16-27(31(25)36)41(4)30(43)18-38-29(42)17-11-22-9-13-24(14-10-22)34(45)40-21(2)33(44)37-3/h5-17,21H,18-19H2,1-4H3,(H,37,44)(H,38,42)(H,40,45)/b17-11+/t21-/m1/s1. The van der Waals surface area contributed by atoms with Gasteiger partial charge in [-0.3, -0.25) is 19.2 Å². The molecule has 3 N–H and O–H groups in total. The Balaban J connectivity index is 1.34. The molecule has 46 heavy (non-hydrogen) atoms. The number of nitrogens with one attached hydrogen (secondary N) is 3. The minimum Gasteiger partial charge on any atom is -0.487 e. The molecule has 0 spiro atoms. The highest BCUT2D eigenvalue weighted by Gasteiger charge is 2.20. The molecule has 1 heterocycles. The van der Waals surface area contributed by atoms with Gasteiger partial charge in [0.05, 0.1) is 17.3 Å². The minimum absolute atomic E-state index is 0.0462. The molecule has 1 atom stereocenters. The highest BCUT2D eigenvalue weighted by atomic mass is 35.5. The molecule has 3 aromatic carbocycles. The summed E-state index contributed by atoms with van der Waals surface area (Å²) in [5.41, 5.74) is 3.50. The van der Waals surface area contributed by atoms with Crippen LogP contribution in [-0.4, -0.2) is 55.3 Å². The number of pyridine rings is 1. The van der Waals surface area contributed by atoms with E-state index in [1.807, 2.05) is 37.3 Å². The van der Waals surface area contributed by atoms with E-state index in [2.05, 4.69) is 20.9 Å². The lowest BCUT2D eigenvalue weighted by Crippen LogP contribution is -2.43. The van der Waals surface area contributed by atoms with Crippen LogP contribution in [0.2, 0.25) is 10.0 Å². The number of benzene rings is 3. The molecule has 0 aliphatic heterocycles. The van der Waals surface area contributed by atoms with E-state index < -0.39 is 23.8 Å². The average Bonchev–Trinajstić information content (AvgIpc) is 3.05. The summed E-state index contributed by atoms with van der Waals surface area (Å²) in [5.74, 6) is -1.02. The van der Waals surface area contributed by atoms with E-state index in [-0.39, 0.29) is 24.1 Å². The summed E-state index contributed by atoms with van der Waals surface area (Å²) in [6.45, 7) is 3.25. The zero-order valence-electron chi connectivity index (χ0n) is 25.7. The van der Waals surface area contributed by atoms with E-state index in [0.29, 0.717) is 33.1 Å². The maximum absolute atomic E-state index is 13.0. The van der Waals surface area contributed by atoms with E-state index in [0.717, 1.165) is 16.6 Å². The number of aromatic nitrogens is 1. The van der Waals surface area contributed by atoms with Gasteiger partial charge in [0.2, 0.25) is 17.7 Å². The number of halogens is 2. The number of para-hydroxylation sites is 1. The molecular formula is C34H33Cl2N5O5. The number of ether oxygens (including phenoxy) is 1. The number of hydrogen-bond acceptors (Lipinski definition) is 6. The number of rotatable bonds is 11. The van der Waals surface area contributed by atoms with Crippen molar-refractivity contribution in [2.45, 2.75) is 26.5 Å². The second kappa shape index (κ2) is 15.4. The van der Waals surface area contributed by atoms with E-state index in [1.165, 1.54) is 18.0 Å². The molecule has 4 aromatic rings. The molecule has 10 nitrogen and oxygen atoms in total. The van der Waals surface area contributed by atoms with Crippen molar-refractivity contribution in [3.63, 3.8) is 0 Å². The number of nitrogens with zero attached hydrogens (tertiary/aromatic N) is 2. The lowest BCUT2D eigenvalue weighted by atomic mass is 10.1. The third-order valence-electron chi connectivity index (χ3n) is 7.10. The van der Waals surface area contributed by atoms with E-state index in [1.54, 1.807) is 56.4 Å². The van der Waals surface area contributed by atoms with Crippen LogP contribution in [-0.2, 0) is 21.0 Å². The van der Waals surface area contributed by atoms with E-state index in [9.17, 15) is 19.2 Å². The number of fused-ring (bicyclic) bond motifs is 1. The van der Waals surface area contributed by atoms with Crippen LogP contribution in [0.1, 0.15) is 34.1 Å². The average molecular weight is 663 g/mol. The van der Waals surface area contributed by atoms with Crippen LogP contribution in [0.3, 0.4) is 0 Å². The third kappa shape index (κ3) is 8.41. The topological polar surface area (TPSA) is 130 Å². The van der Waals surface area contributed by atoms with Crippen molar-refractivity contribution in [2.75, 3.05) is 25.5 Å². The summed E-state index contributed by atoms with van der Waals surface area (Å²) in [4.78, 5) is 55.3. The zero-order chi connectivity index (χ0) is 33.4. The summed E-state index contributed by atoms with van der Waals surface area (Å²) in [7, 11) is 3.04. The molecule has 0 bridgehead atoms. The first-order valence-electron chi connectivity index (χ1n) is 14.3. The first kappa shape index (κ1) is 34.0. The van der Waals surface area contributed by atoms with E-state index >= 15 is 0 Å². The van der Waals surface area contributed by atoms with Crippen molar-refractivity contribution in [1.29, 1.82) is 0 Å². The monoisotopic (exact) mass is 661 g/mol. The second-order valence-corrected chi connectivity index (χ2v) is 11.1. The normalized spacial score (nSPS) is 11.6. The van der Waals surface area contributed by atoms with Crippen molar-refractivity contribution in [1.82, 2.24) is 20.9 Å². The number of amides is 4. The predicted molar refractivity (Wildman–Crippen MR) is 180 cm³/mol. The number of hydrogen-bond donors (Lipinski definition) is 3. The Hall–Kier alpha value is -4.93. The molecule has 0 saturated heterocycles. The van der Waals surface area contributed by atoms with Gasteiger partial charge in [0.15, 0.2) is 0 Å². The maximum atomic E-state index is 13.0. The van der Waals surface area contributed by atoms with Gasteiger partial charge in [0.1, 0.15) is 23.9 Å². The first-order valence-corrected chi connectivity index (χ1v) is 15.0. The van der Waals surface area contributed by atoms with Crippen LogP contribution in [0.5, 0.6) is 5.75 Å². The second-order valence-electron chi connectivity index (χ2n) is 10.4. The van der Waals surface area contributed by atoms with Gasteiger partial charge in [-0.15, -0.1) is 0 Å². The molecule has 1 aromatic heterocycles. The summed E-state index contributed by atoms with van der Waals surface area (Å²) < 4.78 is 6.07. The summed E-state index contributed by atoms with van der Waals surface area (Å²) >= 11 is 13.2. The lowest BCUT2D eigenvalue weighted by Gasteiger charge is -2.21. The molecule has 0 aliphatic carbocycles.